The molecule has 4 heteroatoms. The van der Waals surface area contributed by atoms with Crippen molar-refractivity contribution in [2.75, 3.05) is 13.2 Å². The first-order valence-electron chi connectivity index (χ1n) is 5.53. The number of nitrogens with two attached hydrogens (primary N) is 1. The monoisotopic (exact) mass is 223 g/mol. The van der Waals surface area contributed by atoms with Gasteiger partial charge in [0.15, 0.2) is 11.5 Å². The molecule has 1 heterocycles. The van der Waals surface area contributed by atoms with E-state index in [1.165, 1.54) is 6.07 Å². The second-order valence-corrected chi connectivity index (χ2v) is 4.63. The lowest BCUT2D eigenvalue weighted by atomic mass is 10.0. The summed E-state index contributed by atoms with van der Waals surface area (Å²) in [4.78, 5) is 0. The van der Waals surface area contributed by atoms with E-state index in [1.807, 2.05) is 0 Å². The Labute approximate surface area is 93.3 Å². The molecule has 0 radical (unpaired) electrons. The van der Waals surface area contributed by atoms with Crippen molar-refractivity contribution >= 4 is 0 Å². The lowest BCUT2D eigenvalue weighted by Crippen LogP contribution is -2.25. The minimum Gasteiger partial charge on any atom is -0.486 e. The smallest absolute Gasteiger partial charge is 0.164 e. The van der Waals surface area contributed by atoms with E-state index in [0.29, 0.717) is 36.7 Å². The third kappa shape index (κ3) is 1.73. The molecule has 1 fully saturated rings. The minimum atomic E-state index is -0.249. The third-order valence-corrected chi connectivity index (χ3v) is 3.15. The van der Waals surface area contributed by atoms with E-state index in [9.17, 15) is 4.39 Å². The number of halogens is 1. The van der Waals surface area contributed by atoms with Crippen LogP contribution in [0.2, 0.25) is 0 Å². The summed E-state index contributed by atoms with van der Waals surface area (Å²) >= 11 is 0. The van der Waals surface area contributed by atoms with E-state index >= 15 is 0 Å². The van der Waals surface area contributed by atoms with Crippen LogP contribution >= 0.6 is 0 Å². The molecule has 0 saturated heterocycles. The van der Waals surface area contributed by atoms with Crippen molar-refractivity contribution in [2.45, 2.75) is 24.8 Å². The van der Waals surface area contributed by atoms with Crippen molar-refractivity contribution in [1.29, 1.82) is 0 Å². The molecule has 1 aliphatic carbocycles. The summed E-state index contributed by atoms with van der Waals surface area (Å²) in [6.07, 6.45) is 2.53. The van der Waals surface area contributed by atoms with Gasteiger partial charge in [-0.3, -0.25) is 0 Å². The molecule has 2 aliphatic rings. The molecule has 16 heavy (non-hydrogen) atoms. The Morgan fingerprint density at radius 2 is 1.81 bits per heavy atom. The molecule has 0 unspecified atom stereocenters. The van der Waals surface area contributed by atoms with Crippen LogP contribution < -0.4 is 15.2 Å². The molecule has 2 N–H and O–H groups in total. The fraction of sp³-hybridized carbons (Fsp3) is 0.500. The predicted octanol–water partition coefficient (Wildman–Crippen LogP) is 1.63. The Bertz CT molecular complexity index is 429. The number of hydrogen-bond acceptors (Lipinski definition) is 3. The van der Waals surface area contributed by atoms with Crippen LogP contribution in [0.1, 0.15) is 18.4 Å². The van der Waals surface area contributed by atoms with Crippen LogP contribution in [-0.4, -0.2) is 18.8 Å². The van der Waals surface area contributed by atoms with E-state index in [2.05, 4.69) is 0 Å². The fourth-order valence-electron chi connectivity index (χ4n) is 1.96. The van der Waals surface area contributed by atoms with Crippen molar-refractivity contribution in [3.8, 4) is 11.5 Å². The Balaban J connectivity index is 1.92. The van der Waals surface area contributed by atoms with Gasteiger partial charge in [-0.1, -0.05) is 0 Å². The molecule has 3 nitrogen and oxygen atoms in total. The van der Waals surface area contributed by atoms with Crippen LogP contribution in [0.15, 0.2) is 12.1 Å². The van der Waals surface area contributed by atoms with Gasteiger partial charge in [0, 0.05) is 11.6 Å². The summed E-state index contributed by atoms with van der Waals surface area (Å²) in [5.74, 6) is 0.877. The molecule has 0 aromatic heterocycles. The van der Waals surface area contributed by atoms with Gasteiger partial charge < -0.3 is 15.2 Å². The topological polar surface area (TPSA) is 44.5 Å². The number of benzene rings is 1. The first-order valence-corrected chi connectivity index (χ1v) is 5.53. The highest BCUT2D eigenvalue weighted by atomic mass is 19.1. The van der Waals surface area contributed by atoms with Crippen LogP contribution in [0.25, 0.3) is 0 Å². The highest BCUT2D eigenvalue weighted by molar-refractivity contribution is 5.45. The average molecular weight is 223 g/mol. The molecule has 1 aromatic carbocycles. The molecule has 0 atom stereocenters. The Hall–Kier alpha value is -1.29. The van der Waals surface area contributed by atoms with Crippen LogP contribution in [-0.2, 0) is 6.42 Å². The van der Waals surface area contributed by atoms with Gasteiger partial charge in [-0.05, 0) is 30.9 Å². The minimum absolute atomic E-state index is 0.190. The summed E-state index contributed by atoms with van der Waals surface area (Å²) in [6, 6.07) is 3.12. The van der Waals surface area contributed by atoms with E-state index in [4.69, 9.17) is 15.2 Å². The summed E-state index contributed by atoms with van der Waals surface area (Å²) in [6.45, 7) is 0.998. The summed E-state index contributed by atoms with van der Waals surface area (Å²) in [5.41, 5.74) is 6.42. The quantitative estimate of drug-likeness (QED) is 0.828. The molecule has 86 valence electrons. The Morgan fingerprint density at radius 1 is 1.19 bits per heavy atom. The predicted molar refractivity (Wildman–Crippen MR) is 57.2 cm³/mol. The fourth-order valence-corrected chi connectivity index (χ4v) is 1.96. The van der Waals surface area contributed by atoms with Gasteiger partial charge in [-0.2, -0.15) is 0 Å². The average Bonchev–Trinajstić information content (AvgIpc) is 2.97. The van der Waals surface area contributed by atoms with Crippen LogP contribution in [0.3, 0.4) is 0 Å². The Morgan fingerprint density at radius 3 is 2.44 bits per heavy atom. The second-order valence-electron chi connectivity index (χ2n) is 4.63. The van der Waals surface area contributed by atoms with Crippen molar-refractivity contribution in [3.05, 3.63) is 23.5 Å². The number of rotatable bonds is 2. The molecular formula is C12H14FNO2. The highest BCUT2D eigenvalue weighted by Crippen LogP contribution is 2.39. The SMILES string of the molecule is NC1(Cc2cc3c(cc2F)OCCO3)CC1. The largest absolute Gasteiger partial charge is 0.486 e. The maximum Gasteiger partial charge on any atom is 0.164 e. The van der Waals surface area contributed by atoms with E-state index < -0.39 is 0 Å². The van der Waals surface area contributed by atoms with E-state index in [0.717, 1.165) is 12.8 Å². The third-order valence-electron chi connectivity index (χ3n) is 3.15. The van der Waals surface area contributed by atoms with Gasteiger partial charge in [-0.25, -0.2) is 4.39 Å². The molecule has 0 spiro atoms. The van der Waals surface area contributed by atoms with Crippen LogP contribution in [0.5, 0.6) is 11.5 Å². The van der Waals surface area contributed by atoms with E-state index in [1.54, 1.807) is 6.07 Å². The second kappa shape index (κ2) is 3.35. The molecular weight excluding hydrogens is 209 g/mol. The highest BCUT2D eigenvalue weighted by Gasteiger charge is 2.39. The summed E-state index contributed by atoms with van der Waals surface area (Å²) in [7, 11) is 0. The number of fused-ring (bicyclic) bond motifs is 1. The van der Waals surface area contributed by atoms with Crippen LogP contribution in [0.4, 0.5) is 4.39 Å². The zero-order valence-electron chi connectivity index (χ0n) is 8.96. The first kappa shape index (κ1) is 9.90. The van der Waals surface area contributed by atoms with Crippen LogP contribution in [0, 0.1) is 5.82 Å². The zero-order chi connectivity index (χ0) is 11.2. The molecule has 1 aliphatic heterocycles. The normalized spacial score (nSPS) is 20.6. The van der Waals surface area contributed by atoms with Gasteiger partial charge in [0.25, 0.3) is 0 Å². The van der Waals surface area contributed by atoms with Gasteiger partial charge in [0.1, 0.15) is 19.0 Å². The summed E-state index contributed by atoms with van der Waals surface area (Å²) in [5, 5.41) is 0. The van der Waals surface area contributed by atoms with Crippen molar-refractivity contribution in [3.63, 3.8) is 0 Å². The standard InChI is InChI=1S/C12H14FNO2/c13-9-6-11-10(15-3-4-16-11)5-8(9)7-12(14)1-2-12/h5-6H,1-4,7,14H2. The molecule has 0 bridgehead atoms. The number of ether oxygens (including phenoxy) is 2. The molecule has 3 rings (SSSR count). The lowest BCUT2D eigenvalue weighted by molar-refractivity contribution is 0.170. The van der Waals surface area contributed by atoms with Crippen molar-refractivity contribution in [2.24, 2.45) is 5.73 Å². The molecule has 1 saturated carbocycles. The van der Waals surface area contributed by atoms with Gasteiger partial charge in [-0.15, -0.1) is 0 Å². The Kier molecular flexibility index (Phi) is 2.07. The van der Waals surface area contributed by atoms with E-state index in [-0.39, 0.29) is 11.4 Å². The van der Waals surface area contributed by atoms with Crippen molar-refractivity contribution in [1.82, 2.24) is 0 Å². The lowest BCUT2D eigenvalue weighted by Gasteiger charge is -2.20. The van der Waals surface area contributed by atoms with Gasteiger partial charge >= 0.3 is 0 Å². The maximum absolute atomic E-state index is 13.7. The summed E-state index contributed by atoms with van der Waals surface area (Å²) < 4.78 is 24.5. The molecule has 1 aromatic rings. The van der Waals surface area contributed by atoms with Gasteiger partial charge in [0.2, 0.25) is 0 Å². The molecule has 0 amide bonds. The maximum atomic E-state index is 13.7. The number of hydrogen-bond donors (Lipinski definition) is 1. The van der Waals surface area contributed by atoms with Crippen molar-refractivity contribution < 1.29 is 13.9 Å². The zero-order valence-corrected chi connectivity index (χ0v) is 8.96. The first-order chi connectivity index (χ1) is 7.66. The van der Waals surface area contributed by atoms with Gasteiger partial charge in [0.05, 0.1) is 0 Å².